The van der Waals surface area contributed by atoms with E-state index >= 15 is 0 Å². The van der Waals surface area contributed by atoms with Gasteiger partial charge in [0.2, 0.25) is 0 Å². The second kappa shape index (κ2) is 4.78. The average molecular weight is 214 g/mol. The van der Waals surface area contributed by atoms with E-state index < -0.39 is 12.1 Å². The van der Waals surface area contributed by atoms with Gasteiger partial charge in [-0.1, -0.05) is 30.7 Å². The zero-order chi connectivity index (χ0) is 10.7. The molecule has 0 radical (unpaired) electrons. The van der Waals surface area contributed by atoms with E-state index in [4.69, 9.17) is 17.3 Å². The molecule has 0 unspecified atom stereocenters. The van der Waals surface area contributed by atoms with E-state index in [-0.39, 0.29) is 0 Å². The highest BCUT2D eigenvalue weighted by atomic mass is 35.5. The van der Waals surface area contributed by atoms with Gasteiger partial charge in [-0.2, -0.15) is 0 Å². The predicted molar refractivity (Wildman–Crippen MR) is 59.4 cm³/mol. The molecule has 2 atom stereocenters. The minimum atomic E-state index is -0.583. The van der Waals surface area contributed by atoms with Gasteiger partial charge in [-0.15, -0.1) is 0 Å². The summed E-state index contributed by atoms with van der Waals surface area (Å²) in [5.74, 6) is 0. The van der Waals surface area contributed by atoms with Crippen molar-refractivity contribution in [2.75, 3.05) is 0 Å². The van der Waals surface area contributed by atoms with Gasteiger partial charge >= 0.3 is 0 Å². The Balaban J connectivity index is 3.16. The molecule has 0 spiro atoms. The third kappa shape index (κ3) is 2.27. The van der Waals surface area contributed by atoms with Crippen LogP contribution in [0.3, 0.4) is 0 Å². The van der Waals surface area contributed by atoms with Crippen molar-refractivity contribution >= 4 is 11.6 Å². The Morgan fingerprint density at radius 2 is 2.14 bits per heavy atom. The number of rotatable bonds is 3. The Bertz CT molecular complexity index is 312. The van der Waals surface area contributed by atoms with Crippen LogP contribution in [-0.4, -0.2) is 11.2 Å². The first kappa shape index (κ1) is 11.5. The topological polar surface area (TPSA) is 46.2 Å². The molecule has 0 aliphatic carbocycles. The SMILES string of the molecule is CCc1cccc(Cl)c1[C@H](N)[C@@H](C)O. The zero-order valence-corrected chi connectivity index (χ0v) is 9.25. The van der Waals surface area contributed by atoms with Crippen LogP contribution < -0.4 is 5.73 Å². The van der Waals surface area contributed by atoms with E-state index in [9.17, 15) is 5.11 Å². The molecule has 1 rings (SSSR count). The molecule has 14 heavy (non-hydrogen) atoms. The molecule has 2 nitrogen and oxygen atoms in total. The summed E-state index contributed by atoms with van der Waals surface area (Å²) in [7, 11) is 0. The van der Waals surface area contributed by atoms with Crippen LogP contribution in [0.1, 0.15) is 31.0 Å². The molecular weight excluding hydrogens is 198 g/mol. The molecule has 78 valence electrons. The molecule has 0 saturated carbocycles. The lowest BCUT2D eigenvalue weighted by Crippen LogP contribution is -2.24. The van der Waals surface area contributed by atoms with Gasteiger partial charge in [-0.25, -0.2) is 0 Å². The van der Waals surface area contributed by atoms with Crippen LogP contribution in [-0.2, 0) is 6.42 Å². The Morgan fingerprint density at radius 1 is 1.50 bits per heavy atom. The summed E-state index contributed by atoms with van der Waals surface area (Å²) in [5.41, 5.74) is 7.85. The number of benzene rings is 1. The number of aliphatic hydroxyl groups excluding tert-OH is 1. The van der Waals surface area contributed by atoms with E-state index in [0.29, 0.717) is 5.02 Å². The molecule has 0 heterocycles. The average Bonchev–Trinajstić information content (AvgIpc) is 2.16. The van der Waals surface area contributed by atoms with Crippen molar-refractivity contribution in [3.63, 3.8) is 0 Å². The molecule has 0 aliphatic heterocycles. The van der Waals surface area contributed by atoms with Crippen molar-refractivity contribution in [3.8, 4) is 0 Å². The van der Waals surface area contributed by atoms with Crippen LogP contribution in [0.15, 0.2) is 18.2 Å². The summed E-state index contributed by atoms with van der Waals surface area (Å²) >= 11 is 6.06. The van der Waals surface area contributed by atoms with Crippen LogP contribution in [0, 0.1) is 0 Å². The van der Waals surface area contributed by atoms with Crippen LogP contribution in [0.2, 0.25) is 5.02 Å². The Morgan fingerprint density at radius 3 is 2.64 bits per heavy atom. The Hall–Kier alpha value is -0.570. The maximum Gasteiger partial charge on any atom is 0.0705 e. The monoisotopic (exact) mass is 213 g/mol. The third-order valence-electron chi connectivity index (χ3n) is 2.38. The van der Waals surface area contributed by atoms with E-state index in [2.05, 4.69) is 0 Å². The van der Waals surface area contributed by atoms with Gasteiger partial charge in [-0.05, 0) is 30.5 Å². The van der Waals surface area contributed by atoms with Crippen molar-refractivity contribution in [2.45, 2.75) is 32.4 Å². The minimum Gasteiger partial charge on any atom is -0.391 e. The second-order valence-electron chi connectivity index (χ2n) is 3.43. The molecule has 3 N–H and O–H groups in total. The minimum absolute atomic E-state index is 0.404. The standard InChI is InChI=1S/C11H16ClNO/c1-3-8-5-4-6-9(12)10(8)11(13)7(2)14/h4-7,11,14H,3,13H2,1-2H3/t7-,11-/m1/s1. The lowest BCUT2D eigenvalue weighted by molar-refractivity contribution is 0.164. The molecule has 0 aromatic heterocycles. The van der Waals surface area contributed by atoms with E-state index in [1.807, 2.05) is 19.1 Å². The molecule has 0 amide bonds. The maximum atomic E-state index is 9.44. The van der Waals surface area contributed by atoms with Crippen molar-refractivity contribution < 1.29 is 5.11 Å². The van der Waals surface area contributed by atoms with Gasteiger partial charge in [0, 0.05) is 5.02 Å². The summed E-state index contributed by atoms with van der Waals surface area (Å²) in [6.07, 6.45) is 0.288. The van der Waals surface area contributed by atoms with Gasteiger partial charge < -0.3 is 10.8 Å². The smallest absolute Gasteiger partial charge is 0.0705 e. The highest BCUT2D eigenvalue weighted by Crippen LogP contribution is 2.27. The van der Waals surface area contributed by atoms with Gasteiger partial charge in [0.15, 0.2) is 0 Å². The zero-order valence-electron chi connectivity index (χ0n) is 8.50. The number of aliphatic hydroxyl groups is 1. The van der Waals surface area contributed by atoms with Crippen LogP contribution in [0.25, 0.3) is 0 Å². The summed E-state index contributed by atoms with van der Waals surface area (Å²) < 4.78 is 0. The second-order valence-corrected chi connectivity index (χ2v) is 3.84. The molecular formula is C11H16ClNO. The van der Waals surface area contributed by atoms with E-state index in [1.165, 1.54) is 0 Å². The van der Waals surface area contributed by atoms with Crippen molar-refractivity contribution in [1.29, 1.82) is 0 Å². The first-order chi connectivity index (χ1) is 6.57. The van der Waals surface area contributed by atoms with Gasteiger partial charge in [-0.3, -0.25) is 0 Å². The van der Waals surface area contributed by atoms with Crippen LogP contribution in [0.5, 0.6) is 0 Å². The van der Waals surface area contributed by atoms with Gasteiger partial charge in [0.25, 0.3) is 0 Å². The highest BCUT2D eigenvalue weighted by molar-refractivity contribution is 6.31. The summed E-state index contributed by atoms with van der Waals surface area (Å²) in [4.78, 5) is 0. The first-order valence-corrected chi connectivity index (χ1v) is 5.16. The fraction of sp³-hybridized carbons (Fsp3) is 0.455. The molecule has 0 bridgehead atoms. The summed E-state index contributed by atoms with van der Waals surface area (Å²) in [6, 6.07) is 5.29. The predicted octanol–water partition coefficient (Wildman–Crippen LogP) is 2.28. The number of nitrogens with two attached hydrogens (primary N) is 1. The number of aryl methyl sites for hydroxylation is 1. The summed E-state index contributed by atoms with van der Waals surface area (Å²) in [6.45, 7) is 3.72. The summed E-state index contributed by atoms with van der Waals surface area (Å²) in [5, 5.41) is 10.1. The third-order valence-corrected chi connectivity index (χ3v) is 2.71. The van der Waals surface area contributed by atoms with E-state index in [1.54, 1.807) is 13.0 Å². The lowest BCUT2D eigenvalue weighted by atomic mass is 9.96. The van der Waals surface area contributed by atoms with Crippen molar-refractivity contribution in [2.24, 2.45) is 5.73 Å². The van der Waals surface area contributed by atoms with Gasteiger partial charge in [0.1, 0.15) is 0 Å². The normalized spacial score (nSPS) is 15.2. The number of halogens is 1. The first-order valence-electron chi connectivity index (χ1n) is 4.78. The molecule has 0 saturated heterocycles. The molecule has 0 aliphatic rings. The Labute approximate surface area is 89.7 Å². The fourth-order valence-electron chi connectivity index (χ4n) is 1.50. The maximum absolute atomic E-state index is 9.44. The van der Waals surface area contributed by atoms with Crippen molar-refractivity contribution in [1.82, 2.24) is 0 Å². The Kier molecular flexibility index (Phi) is 3.93. The number of hydrogen-bond donors (Lipinski definition) is 2. The quantitative estimate of drug-likeness (QED) is 0.810. The highest BCUT2D eigenvalue weighted by Gasteiger charge is 2.17. The van der Waals surface area contributed by atoms with Crippen molar-refractivity contribution in [3.05, 3.63) is 34.3 Å². The van der Waals surface area contributed by atoms with Crippen LogP contribution >= 0.6 is 11.6 Å². The van der Waals surface area contributed by atoms with Gasteiger partial charge in [0.05, 0.1) is 12.1 Å². The largest absolute Gasteiger partial charge is 0.391 e. The lowest BCUT2D eigenvalue weighted by Gasteiger charge is -2.19. The molecule has 1 aromatic carbocycles. The van der Waals surface area contributed by atoms with Crippen LogP contribution in [0.4, 0.5) is 0 Å². The number of hydrogen-bond acceptors (Lipinski definition) is 2. The van der Waals surface area contributed by atoms with E-state index in [0.717, 1.165) is 17.5 Å². The molecule has 0 fully saturated rings. The molecule has 1 aromatic rings. The fourth-order valence-corrected chi connectivity index (χ4v) is 1.82. The molecule has 3 heteroatoms.